The molecule has 128 valence electrons. The molecule has 1 aromatic carbocycles. The van der Waals surface area contributed by atoms with Crippen molar-refractivity contribution in [2.24, 2.45) is 0 Å². The maximum atomic E-state index is 12.3. The predicted octanol–water partition coefficient (Wildman–Crippen LogP) is 3.28. The number of carbonyl (C=O) groups is 1. The van der Waals surface area contributed by atoms with Crippen molar-refractivity contribution in [1.29, 1.82) is 0 Å². The fourth-order valence-electron chi connectivity index (χ4n) is 2.13. The van der Waals surface area contributed by atoms with E-state index in [0.717, 1.165) is 5.56 Å². The van der Waals surface area contributed by atoms with Crippen molar-refractivity contribution in [2.75, 3.05) is 6.61 Å². The van der Waals surface area contributed by atoms with Crippen LogP contribution in [0, 0.1) is 3.95 Å². The first-order chi connectivity index (χ1) is 11.4. The van der Waals surface area contributed by atoms with Crippen molar-refractivity contribution >= 4 is 29.5 Å². The van der Waals surface area contributed by atoms with Crippen LogP contribution in [0.5, 0.6) is 11.5 Å². The summed E-state index contributed by atoms with van der Waals surface area (Å²) in [6.07, 6.45) is 0.335. The van der Waals surface area contributed by atoms with E-state index in [2.05, 4.69) is 0 Å². The lowest BCUT2D eigenvalue weighted by Gasteiger charge is -2.09. The second kappa shape index (κ2) is 8.07. The third-order valence-corrected chi connectivity index (χ3v) is 4.69. The molecule has 0 saturated heterocycles. The molecule has 0 aliphatic heterocycles. The van der Waals surface area contributed by atoms with Gasteiger partial charge in [-0.2, -0.15) is 0 Å². The van der Waals surface area contributed by atoms with Crippen LogP contribution in [-0.4, -0.2) is 27.4 Å². The van der Waals surface area contributed by atoms with Gasteiger partial charge in [-0.05, 0) is 49.3 Å². The second-order valence-electron chi connectivity index (χ2n) is 4.98. The zero-order valence-corrected chi connectivity index (χ0v) is 14.7. The first-order valence-corrected chi connectivity index (χ1v) is 8.57. The Hall–Kier alpha value is -2.19. The Bertz CT molecular complexity index is 825. The molecular weight excluding hydrogens is 350 g/mol. The molecule has 2 aromatic rings. The lowest BCUT2D eigenvalue weighted by molar-refractivity contribution is -0.137. The number of carboxylic acids is 1. The molecule has 0 atom stereocenters. The van der Waals surface area contributed by atoms with Crippen LogP contribution in [0.15, 0.2) is 29.1 Å². The van der Waals surface area contributed by atoms with E-state index in [-0.39, 0.29) is 24.3 Å². The standard InChI is InChI=1S/C16H17NO5S2/c1-2-22-12-8-10(5-6-11(12)18)13-9-14(19)17(16(23)24-13)7-3-4-15(20)21/h5-6,8-9,18H,2-4,7H2,1H3,(H,20,21). The van der Waals surface area contributed by atoms with Crippen LogP contribution in [0.4, 0.5) is 0 Å². The number of hydrogen-bond donors (Lipinski definition) is 2. The number of benzene rings is 1. The fourth-order valence-corrected chi connectivity index (χ4v) is 3.46. The molecule has 8 heteroatoms. The summed E-state index contributed by atoms with van der Waals surface area (Å²) >= 11 is 6.53. The van der Waals surface area contributed by atoms with Crippen molar-refractivity contribution in [2.45, 2.75) is 26.3 Å². The molecule has 0 aliphatic carbocycles. The van der Waals surface area contributed by atoms with Gasteiger partial charge in [0.2, 0.25) is 0 Å². The van der Waals surface area contributed by atoms with E-state index < -0.39 is 5.97 Å². The zero-order valence-electron chi connectivity index (χ0n) is 13.0. The monoisotopic (exact) mass is 367 g/mol. The summed E-state index contributed by atoms with van der Waals surface area (Å²) in [6.45, 7) is 2.51. The Morgan fingerprint density at radius 1 is 1.38 bits per heavy atom. The highest BCUT2D eigenvalue weighted by atomic mass is 32.1. The largest absolute Gasteiger partial charge is 0.504 e. The van der Waals surface area contributed by atoms with Gasteiger partial charge in [0.05, 0.1) is 6.61 Å². The SMILES string of the molecule is CCOc1cc(-c2cc(=O)n(CCCC(=O)O)c(=S)s2)ccc1O. The van der Waals surface area contributed by atoms with Crippen molar-refractivity contribution in [3.8, 4) is 21.9 Å². The van der Waals surface area contributed by atoms with E-state index in [1.54, 1.807) is 12.1 Å². The lowest BCUT2D eigenvalue weighted by Crippen LogP contribution is -2.19. The summed E-state index contributed by atoms with van der Waals surface area (Å²) in [5.74, 6) is -0.522. The minimum absolute atomic E-state index is 0.0106. The average Bonchev–Trinajstić information content (AvgIpc) is 2.52. The molecule has 0 bridgehead atoms. The van der Waals surface area contributed by atoms with Gasteiger partial charge in [0.15, 0.2) is 15.5 Å². The molecule has 1 heterocycles. The summed E-state index contributed by atoms with van der Waals surface area (Å²) in [7, 11) is 0. The number of phenols is 1. The van der Waals surface area contributed by atoms with Crippen LogP contribution in [0.3, 0.4) is 0 Å². The van der Waals surface area contributed by atoms with Crippen molar-refractivity contribution in [1.82, 2.24) is 4.57 Å². The van der Waals surface area contributed by atoms with Crippen LogP contribution in [0.1, 0.15) is 19.8 Å². The first kappa shape index (κ1) is 18.2. The second-order valence-corrected chi connectivity index (χ2v) is 6.66. The Balaban J connectivity index is 2.33. The molecule has 1 aromatic heterocycles. The normalized spacial score (nSPS) is 10.5. The minimum Gasteiger partial charge on any atom is -0.504 e. The zero-order chi connectivity index (χ0) is 17.7. The molecule has 0 spiro atoms. The maximum absolute atomic E-state index is 12.3. The molecule has 2 rings (SSSR count). The summed E-state index contributed by atoms with van der Waals surface area (Å²) in [5.41, 5.74) is 0.451. The molecule has 0 saturated carbocycles. The first-order valence-electron chi connectivity index (χ1n) is 7.35. The number of aromatic nitrogens is 1. The van der Waals surface area contributed by atoms with Crippen molar-refractivity contribution in [3.05, 3.63) is 38.6 Å². The van der Waals surface area contributed by atoms with Crippen LogP contribution < -0.4 is 10.3 Å². The topological polar surface area (TPSA) is 88.8 Å². The van der Waals surface area contributed by atoms with E-state index >= 15 is 0 Å². The van der Waals surface area contributed by atoms with Crippen LogP contribution >= 0.6 is 23.6 Å². The van der Waals surface area contributed by atoms with E-state index in [1.807, 2.05) is 6.92 Å². The van der Waals surface area contributed by atoms with Crippen LogP contribution in [-0.2, 0) is 11.3 Å². The van der Waals surface area contributed by atoms with Gasteiger partial charge in [-0.25, -0.2) is 0 Å². The van der Waals surface area contributed by atoms with Crippen LogP contribution in [0.2, 0.25) is 0 Å². The molecule has 0 amide bonds. The third-order valence-electron chi connectivity index (χ3n) is 3.25. The van der Waals surface area contributed by atoms with Crippen molar-refractivity contribution < 1.29 is 19.7 Å². The fraction of sp³-hybridized carbons (Fsp3) is 0.312. The van der Waals surface area contributed by atoms with Gasteiger partial charge < -0.3 is 14.9 Å². The van der Waals surface area contributed by atoms with Gasteiger partial charge in [0.25, 0.3) is 5.56 Å². The molecule has 6 nitrogen and oxygen atoms in total. The highest BCUT2D eigenvalue weighted by Gasteiger charge is 2.09. The summed E-state index contributed by atoms with van der Waals surface area (Å²) in [4.78, 5) is 23.5. The highest BCUT2D eigenvalue weighted by molar-refractivity contribution is 7.73. The number of aromatic hydroxyl groups is 1. The third kappa shape index (κ3) is 4.42. The molecule has 0 radical (unpaired) electrons. The predicted molar refractivity (Wildman–Crippen MR) is 94.6 cm³/mol. The lowest BCUT2D eigenvalue weighted by atomic mass is 10.1. The molecule has 2 N–H and O–H groups in total. The van der Waals surface area contributed by atoms with Gasteiger partial charge in [0.1, 0.15) is 0 Å². The number of carboxylic acid groups (broad SMARTS) is 1. The molecule has 0 aliphatic rings. The Morgan fingerprint density at radius 3 is 2.75 bits per heavy atom. The number of hydrogen-bond acceptors (Lipinski definition) is 6. The van der Waals surface area contributed by atoms with Gasteiger partial charge in [-0.1, -0.05) is 0 Å². The number of ether oxygens (including phenoxy) is 1. The summed E-state index contributed by atoms with van der Waals surface area (Å²) in [5, 5.41) is 18.4. The summed E-state index contributed by atoms with van der Waals surface area (Å²) < 4.78 is 7.13. The van der Waals surface area contributed by atoms with E-state index in [0.29, 0.717) is 27.6 Å². The van der Waals surface area contributed by atoms with E-state index in [4.69, 9.17) is 22.1 Å². The quantitative estimate of drug-likeness (QED) is 0.730. The van der Waals surface area contributed by atoms with E-state index in [1.165, 1.54) is 28.0 Å². The highest BCUT2D eigenvalue weighted by Crippen LogP contribution is 2.33. The number of rotatable bonds is 7. The Kier molecular flexibility index (Phi) is 6.10. The molecule has 0 fully saturated rings. The number of nitrogens with zero attached hydrogens (tertiary/aromatic N) is 1. The van der Waals surface area contributed by atoms with Gasteiger partial charge in [-0.15, -0.1) is 11.3 Å². The average molecular weight is 367 g/mol. The maximum Gasteiger partial charge on any atom is 0.303 e. The Morgan fingerprint density at radius 2 is 2.12 bits per heavy atom. The van der Waals surface area contributed by atoms with Crippen LogP contribution in [0.25, 0.3) is 10.4 Å². The molecular formula is C16H17NO5S2. The van der Waals surface area contributed by atoms with Gasteiger partial charge in [-0.3, -0.25) is 14.2 Å². The minimum atomic E-state index is -0.901. The van der Waals surface area contributed by atoms with E-state index in [9.17, 15) is 14.7 Å². The number of aliphatic carboxylic acids is 1. The van der Waals surface area contributed by atoms with Gasteiger partial charge in [0, 0.05) is 23.9 Å². The molecule has 24 heavy (non-hydrogen) atoms. The molecule has 0 unspecified atom stereocenters. The summed E-state index contributed by atoms with van der Waals surface area (Å²) in [6, 6.07) is 6.32. The van der Waals surface area contributed by atoms with Gasteiger partial charge >= 0.3 is 5.97 Å². The van der Waals surface area contributed by atoms with Crippen molar-refractivity contribution in [3.63, 3.8) is 0 Å². The Labute approximate surface area is 147 Å². The number of phenolic OH excluding ortho intramolecular Hbond substituents is 1. The smallest absolute Gasteiger partial charge is 0.303 e.